The molecule has 0 aromatic heterocycles. The lowest BCUT2D eigenvalue weighted by molar-refractivity contribution is -0.173. The van der Waals surface area contributed by atoms with Gasteiger partial charge in [0.2, 0.25) is 0 Å². The fourth-order valence-corrected chi connectivity index (χ4v) is 1.49. The molecular weight excluding hydrogens is 209 g/mol. The van der Waals surface area contributed by atoms with Crippen LogP contribution in [0.25, 0.3) is 0 Å². The van der Waals surface area contributed by atoms with Crippen LogP contribution in [0.1, 0.15) is 45.4 Å². The lowest BCUT2D eigenvalue weighted by Gasteiger charge is -2.24. The molecule has 0 radical (unpaired) electrons. The van der Waals surface area contributed by atoms with Crippen molar-refractivity contribution in [1.29, 1.82) is 0 Å². The van der Waals surface area contributed by atoms with Gasteiger partial charge in [-0.05, 0) is 19.8 Å². The Balaban J connectivity index is 3.65. The minimum Gasteiger partial charge on any atom is -0.396 e. The van der Waals surface area contributed by atoms with E-state index < -0.39 is 18.2 Å². The van der Waals surface area contributed by atoms with Crippen LogP contribution < -0.4 is 0 Å². The summed E-state index contributed by atoms with van der Waals surface area (Å²) < 4.78 is 36.0. The highest BCUT2D eigenvalue weighted by Crippen LogP contribution is 2.30. The molecule has 0 rings (SSSR count). The van der Waals surface area contributed by atoms with Gasteiger partial charge in [0.25, 0.3) is 0 Å². The Bertz CT molecular complexity index is 167. The Kier molecular flexibility index (Phi) is 6.20. The van der Waals surface area contributed by atoms with Crippen molar-refractivity contribution in [2.45, 2.75) is 57.2 Å². The number of unbranched alkanes of at least 4 members (excludes halogenated alkanes) is 3. The minimum atomic E-state index is -4.31. The molecule has 0 aromatic rings. The fraction of sp³-hybridized carbons (Fsp3) is 1.00. The highest BCUT2D eigenvalue weighted by atomic mass is 19.4. The summed E-state index contributed by atoms with van der Waals surface area (Å²) in [5, 5.41) is 17.9. The highest BCUT2D eigenvalue weighted by Gasteiger charge is 2.37. The average molecular weight is 228 g/mol. The van der Waals surface area contributed by atoms with Crippen molar-refractivity contribution in [2.24, 2.45) is 0 Å². The Morgan fingerprint density at radius 1 is 1.00 bits per heavy atom. The average Bonchev–Trinajstić information content (AvgIpc) is 1.99. The molecule has 0 fully saturated rings. The van der Waals surface area contributed by atoms with Crippen molar-refractivity contribution < 1.29 is 23.4 Å². The van der Waals surface area contributed by atoms with Crippen LogP contribution in [-0.4, -0.2) is 28.6 Å². The number of aliphatic hydroxyl groups excluding tert-OH is 1. The van der Waals surface area contributed by atoms with Crippen LogP contribution in [0.5, 0.6) is 0 Å². The third kappa shape index (κ3) is 10.0. The normalized spacial score (nSPS) is 16.4. The molecule has 0 saturated carbocycles. The van der Waals surface area contributed by atoms with E-state index in [1.807, 2.05) is 0 Å². The molecule has 0 aliphatic rings. The van der Waals surface area contributed by atoms with Crippen LogP contribution >= 0.6 is 0 Å². The Morgan fingerprint density at radius 3 is 2.00 bits per heavy atom. The van der Waals surface area contributed by atoms with Crippen LogP contribution in [0.2, 0.25) is 0 Å². The van der Waals surface area contributed by atoms with Crippen LogP contribution in [0.3, 0.4) is 0 Å². The van der Waals surface area contributed by atoms with Gasteiger partial charge in [-0.15, -0.1) is 0 Å². The van der Waals surface area contributed by atoms with Gasteiger partial charge in [0.1, 0.15) is 0 Å². The van der Waals surface area contributed by atoms with Gasteiger partial charge in [0, 0.05) is 6.61 Å². The first-order valence-electron chi connectivity index (χ1n) is 5.17. The van der Waals surface area contributed by atoms with Crippen molar-refractivity contribution >= 4 is 0 Å². The highest BCUT2D eigenvalue weighted by molar-refractivity contribution is 4.76. The van der Waals surface area contributed by atoms with Crippen molar-refractivity contribution in [2.75, 3.05) is 6.61 Å². The summed E-state index contributed by atoms with van der Waals surface area (Å²) in [5.74, 6) is 0. The molecule has 92 valence electrons. The SMILES string of the molecule is CC(O)(CCCCCCO)CC(F)(F)F. The van der Waals surface area contributed by atoms with Crippen LogP contribution in [0.15, 0.2) is 0 Å². The molecule has 0 amide bonds. The van der Waals surface area contributed by atoms with Gasteiger partial charge in [-0.3, -0.25) is 0 Å². The Hall–Kier alpha value is -0.290. The topological polar surface area (TPSA) is 40.5 Å². The molecule has 15 heavy (non-hydrogen) atoms. The van der Waals surface area contributed by atoms with E-state index in [9.17, 15) is 18.3 Å². The number of aliphatic hydroxyl groups is 2. The van der Waals surface area contributed by atoms with Crippen molar-refractivity contribution in [1.82, 2.24) is 0 Å². The van der Waals surface area contributed by atoms with E-state index in [1.165, 1.54) is 6.92 Å². The third-order valence-corrected chi connectivity index (χ3v) is 2.20. The van der Waals surface area contributed by atoms with Crippen molar-refractivity contribution in [3.05, 3.63) is 0 Å². The van der Waals surface area contributed by atoms with Gasteiger partial charge in [0.05, 0.1) is 12.0 Å². The van der Waals surface area contributed by atoms with E-state index >= 15 is 0 Å². The van der Waals surface area contributed by atoms with E-state index in [2.05, 4.69) is 0 Å². The molecule has 0 saturated heterocycles. The fourth-order valence-electron chi connectivity index (χ4n) is 1.49. The molecule has 1 atom stereocenters. The molecule has 0 bridgehead atoms. The van der Waals surface area contributed by atoms with E-state index in [4.69, 9.17) is 5.11 Å². The van der Waals surface area contributed by atoms with Crippen LogP contribution in [-0.2, 0) is 0 Å². The van der Waals surface area contributed by atoms with Gasteiger partial charge in [-0.25, -0.2) is 0 Å². The molecule has 0 aliphatic carbocycles. The first-order chi connectivity index (χ1) is 6.77. The maximum absolute atomic E-state index is 12.0. The summed E-state index contributed by atoms with van der Waals surface area (Å²) in [6, 6.07) is 0. The first kappa shape index (κ1) is 14.7. The second-order valence-electron chi connectivity index (χ2n) is 4.18. The molecule has 0 heterocycles. The largest absolute Gasteiger partial charge is 0.396 e. The summed E-state index contributed by atoms with van der Waals surface area (Å²) in [6.45, 7) is 1.32. The standard InChI is InChI=1S/C10H19F3O2/c1-9(15,8-10(11,12)13)6-4-2-3-5-7-14/h14-15H,2-8H2,1H3. The molecule has 2 nitrogen and oxygen atoms in total. The monoisotopic (exact) mass is 228 g/mol. The van der Waals surface area contributed by atoms with E-state index in [-0.39, 0.29) is 13.0 Å². The minimum absolute atomic E-state index is 0.110. The van der Waals surface area contributed by atoms with Crippen molar-refractivity contribution in [3.63, 3.8) is 0 Å². The second kappa shape index (κ2) is 6.33. The molecule has 1 unspecified atom stereocenters. The summed E-state index contributed by atoms with van der Waals surface area (Å²) >= 11 is 0. The zero-order valence-corrected chi connectivity index (χ0v) is 8.98. The van der Waals surface area contributed by atoms with E-state index in [0.29, 0.717) is 12.8 Å². The van der Waals surface area contributed by atoms with Gasteiger partial charge >= 0.3 is 6.18 Å². The Labute approximate surface area is 88.1 Å². The number of rotatable bonds is 7. The quantitative estimate of drug-likeness (QED) is 0.657. The predicted molar refractivity (Wildman–Crippen MR) is 51.5 cm³/mol. The van der Waals surface area contributed by atoms with Crippen LogP contribution in [0.4, 0.5) is 13.2 Å². The number of alkyl halides is 3. The summed E-state index contributed by atoms with van der Waals surface area (Å²) in [7, 11) is 0. The Morgan fingerprint density at radius 2 is 1.53 bits per heavy atom. The summed E-state index contributed by atoms with van der Waals surface area (Å²) in [6.07, 6.45) is -2.55. The van der Waals surface area contributed by atoms with Gasteiger partial charge < -0.3 is 10.2 Å². The third-order valence-electron chi connectivity index (χ3n) is 2.20. The van der Waals surface area contributed by atoms with E-state index in [0.717, 1.165) is 12.8 Å². The van der Waals surface area contributed by atoms with Crippen molar-refractivity contribution in [3.8, 4) is 0 Å². The number of hydrogen-bond acceptors (Lipinski definition) is 2. The zero-order valence-electron chi connectivity index (χ0n) is 8.98. The summed E-state index contributed by atoms with van der Waals surface area (Å²) in [5.41, 5.74) is -1.66. The zero-order chi connectivity index (χ0) is 11.9. The number of halogens is 3. The van der Waals surface area contributed by atoms with Gasteiger partial charge in [0.15, 0.2) is 0 Å². The maximum Gasteiger partial charge on any atom is 0.391 e. The lowest BCUT2D eigenvalue weighted by Crippen LogP contribution is -2.31. The van der Waals surface area contributed by atoms with Gasteiger partial charge in [-0.2, -0.15) is 13.2 Å². The summed E-state index contributed by atoms with van der Waals surface area (Å²) in [4.78, 5) is 0. The molecule has 5 heteroatoms. The molecule has 0 aliphatic heterocycles. The molecule has 2 N–H and O–H groups in total. The second-order valence-corrected chi connectivity index (χ2v) is 4.18. The van der Waals surface area contributed by atoms with Crippen LogP contribution in [0, 0.1) is 0 Å². The smallest absolute Gasteiger partial charge is 0.391 e. The number of hydrogen-bond donors (Lipinski definition) is 2. The first-order valence-corrected chi connectivity index (χ1v) is 5.17. The van der Waals surface area contributed by atoms with Gasteiger partial charge in [-0.1, -0.05) is 19.3 Å². The lowest BCUT2D eigenvalue weighted by atomic mass is 9.94. The molecule has 0 spiro atoms. The molecular formula is C10H19F3O2. The molecule has 0 aromatic carbocycles. The predicted octanol–water partition coefficient (Wildman–Crippen LogP) is 2.63. The van der Waals surface area contributed by atoms with E-state index in [1.54, 1.807) is 0 Å². The maximum atomic E-state index is 12.0.